The number of quaternary nitrogens is 1. The van der Waals surface area contributed by atoms with Gasteiger partial charge in [-0.15, -0.1) is 0 Å². The number of allylic oxidation sites excluding steroid dienone is 16. The number of esters is 2. The molecule has 0 fully saturated rings. The molecule has 2 atom stereocenters. The third-order valence-electron chi connectivity index (χ3n) is 14.6. The second-order valence-electron chi connectivity index (χ2n) is 23.8. The zero-order valence-corrected chi connectivity index (χ0v) is 54.8. The lowest BCUT2D eigenvalue weighted by Gasteiger charge is -2.28. The van der Waals surface area contributed by atoms with Gasteiger partial charge < -0.3 is 27.9 Å². The maximum atomic E-state index is 12.9. The number of carbonyl (C=O) groups excluding carboxylic acids is 2. The van der Waals surface area contributed by atoms with Crippen molar-refractivity contribution in [2.75, 3.05) is 47.5 Å². The molecule has 0 N–H and O–H groups in total. The highest BCUT2D eigenvalue weighted by Crippen LogP contribution is 2.38. The molecule has 0 saturated heterocycles. The van der Waals surface area contributed by atoms with E-state index < -0.39 is 26.5 Å². The van der Waals surface area contributed by atoms with Gasteiger partial charge in [0.05, 0.1) is 27.7 Å². The molecule has 0 radical (unpaired) electrons. The van der Waals surface area contributed by atoms with E-state index in [-0.39, 0.29) is 32.0 Å². The lowest BCUT2D eigenvalue weighted by Crippen LogP contribution is -2.37. The van der Waals surface area contributed by atoms with Gasteiger partial charge in [0.15, 0.2) is 6.10 Å². The molecule has 10 heteroatoms. The molecule has 0 rings (SSSR count). The van der Waals surface area contributed by atoms with Crippen molar-refractivity contribution in [2.24, 2.45) is 0 Å². The molecule has 82 heavy (non-hydrogen) atoms. The van der Waals surface area contributed by atoms with E-state index in [1.54, 1.807) is 0 Å². The number of phosphoric acid groups is 1. The van der Waals surface area contributed by atoms with Gasteiger partial charge in [-0.05, 0) is 96.3 Å². The minimum absolute atomic E-state index is 0.0340. The molecule has 0 aromatic rings. The second kappa shape index (κ2) is 62.5. The Morgan fingerprint density at radius 3 is 1.04 bits per heavy atom. The van der Waals surface area contributed by atoms with Gasteiger partial charge in [0.1, 0.15) is 19.8 Å². The van der Waals surface area contributed by atoms with E-state index in [9.17, 15) is 19.0 Å². The van der Waals surface area contributed by atoms with E-state index in [4.69, 9.17) is 18.5 Å². The molecular formula is C72H128NO8P. The Labute approximate surface area is 506 Å². The number of rotatable bonds is 62. The Balaban J connectivity index is 4.08. The molecule has 9 nitrogen and oxygen atoms in total. The highest BCUT2D eigenvalue weighted by molar-refractivity contribution is 7.45. The van der Waals surface area contributed by atoms with Crippen LogP contribution >= 0.6 is 7.82 Å². The van der Waals surface area contributed by atoms with Crippen molar-refractivity contribution < 1.29 is 42.1 Å². The zero-order valence-electron chi connectivity index (χ0n) is 53.9. The molecule has 0 amide bonds. The van der Waals surface area contributed by atoms with Crippen LogP contribution in [0.4, 0.5) is 0 Å². The molecule has 0 saturated carbocycles. The average Bonchev–Trinajstić information content (AvgIpc) is 3.45. The molecule has 2 unspecified atom stereocenters. The van der Waals surface area contributed by atoms with Crippen LogP contribution in [0.1, 0.15) is 296 Å². The maximum Gasteiger partial charge on any atom is 0.306 e. The fourth-order valence-electron chi connectivity index (χ4n) is 9.40. The van der Waals surface area contributed by atoms with Crippen LogP contribution in [-0.4, -0.2) is 70.0 Å². The summed E-state index contributed by atoms with van der Waals surface area (Å²) in [5.41, 5.74) is 0. The summed E-state index contributed by atoms with van der Waals surface area (Å²) in [6.45, 7) is 4.14. The van der Waals surface area contributed by atoms with Gasteiger partial charge in [-0.2, -0.15) is 0 Å². The summed E-state index contributed by atoms with van der Waals surface area (Å²) in [6.07, 6.45) is 86.1. The van der Waals surface area contributed by atoms with E-state index in [1.165, 1.54) is 180 Å². The van der Waals surface area contributed by atoms with Crippen LogP contribution in [0.5, 0.6) is 0 Å². The molecule has 0 spiro atoms. The van der Waals surface area contributed by atoms with Crippen LogP contribution in [0.25, 0.3) is 0 Å². The molecule has 0 heterocycles. The van der Waals surface area contributed by atoms with Crippen LogP contribution < -0.4 is 4.89 Å². The Bertz CT molecular complexity index is 1710. The first-order chi connectivity index (χ1) is 40.0. The highest BCUT2D eigenvalue weighted by atomic mass is 31.2. The topological polar surface area (TPSA) is 111 Å². The minimum atomic E-state index is -4.65. The first-order valence-electron chi connectivity index (χ1n) is 33.9. The monoisotopic (exact) mass is 1170 g/mol. The van der Waals surface area contributed by atoms with Crippen LogP contribution in [0.3, 0.4) is 0 Å². The predicted molar refractivity (Wildman–Crippen MR) is 351 cm³/mol. The molecule has 474 valence electrons. The largest absolute Gasteiger partial charge is 0.756 e. The third-order valence-corrected chi connectivity index (χ3v) is 15.6. The predicted octanol–water partition coefficient (Wildman–Crippen LogP) is 21.3. The number of hydrogen-bond donors (Lipinski definition) is 0. The zero-order chi connectivity index (χ0) is 59.8. The van der Waals surface area contributed by atoms with Gasteiger partial charge >= 0.3 is 11.9 Å². The number of carbonyl (C=O) groups is 2. The molecule has 0 aromatic carbocycles. The quantitative estimate of drug-likeness (QED) is 0.0195. The Kier molecular flexibility index (Phi) is 60.1. The fourth-order valence-corrected chi connectivity index (χ4v) is 10.1. The van der Waals surface area contributed by atoms with Gasteiger partial charge in [-0.25, -0.2) is 0 Å². The molecule has 0 aliphatic carbocycles. The SMILES string of the molecule is CC/C=C\C/C=C\C/C=C\C/C=C\C/C=C\CCCCCCCCCCCCCCCC(=O)OC(COC(=O)CCCCCCCCCCCCCCCC/C=C\C/C=C\C/C=C\CCCCCCC)COP(=O)([O-])OCC[N+](C)(C)C. The summed E-state index contributed by atoms with van der Waals surface area (Å²) in [5, 5.41) is 0. The maximum absolute atomic E-state index is 12.9. The first-order valence-corrected chi connectivity index (χ1v) is 35.4. The summed E-state index contributed by atoms with van der Waals surface area (Å²) in [7, 11) is 1.16. The number of hydrogen-bond acceptors (Lipinski definition) is 8. The van der Waals surface area contributed by atoms with E-state index in [0.717, 1.165) is 83.5 Å². The normalized spacial score (nSPS) is 13.8. The van der Waals surface area contributed by atoms with E-state index in [1.807, 2.05) is 21.1 Å². The van der Waals surface area contributed by atoms with Crippen LogP contribution in [0.2, 0.25) is 0 Å². The Morgan fingerprint density at radius 2 is 0.695 bits per heavy atom. The van der Waals surface area contributed by atoms with Crippen molar-refractivity contribution in [3.05, 3.63) is 97.2 Å². The van der Waals surface area contributed by atoms with Crippen molar-refractivity contribution in [2.45, 2.75) is 302 Å². The number of unbranched alkanes of at least 4 members (excludes halogenated alkanes) is 32. The van der Waals surface area contributed by atoms with Gasteiger partial charge in [0.2, 0.25) is 0 Å². The number of likely N-dealkylation sites (N-methyl/N-ethyl adjacent to an activating group) is 1. The summed E-state index contributed by atoms with van der Waals surface area (Å²) in [6, 6.07) is 0. The first kappa shape index (κ1) is 78.9. The molecular weight excluding hydrogens is 1040 g/mol. The number of nitrogens with zero attached hydrogens (tertiary/aromatic N) is 1. The van der Waals surface area contributed by atoms with Crippen LogP contribution in [0, 0.1) is 0 Å². The smallest absolute Gasteiger partial charge is 0.306 e. The summed E-state index contributed by atoms with van der Waals surface area (Å²) in [5.74, 6) is -0.830. The average molecular weight is 1170 g/mol. The van der Waals surface area contributed by atoms with Crippen molar-refractivity contribution in [1.29, 1.82) is 0 Å². The lowest BCUT2D eigenvalue weighted by molar-refractivity contribution is -0.870. The Hall–Kier alpha value is -3.07. The summed E-state index contributed by atoms with van der Waals surface area (Å²) < 4.78 is 34.3. The van der Waals surface area contributed by atoms with Crippen molar-refractivity contribution in [3.8, 4) is 0 Å². The van der Waals surface area contributed by atoms with Crippen molar-refractivity contribution >= 4 is 19.8 Å². The third kappa shape index (κ3) is 66.1. The minimum Gasteiger partial charge on any atom is -0.756 e. The van der Waals surface area contributed by atoms with Crippen molar-refractivity contribution in [3.63, 3.8) is 0 Å². The lowest BCUT2D eigenvalue weighted by atomic mass is 10.0. The summed E-state index contributed by atoms with van der Waals surface area (Å²) >= 11 is 0. The molecule has 0 aliphatic rings. The van der Waals surface area contributed by atoms with Crippen LogP contribution in [-0.2, 0) is 32.7 Å². The molecule has 0 bridgehead atoms. The Morgan fingerprint density at radius 1 is 0.390 bits per heavy atom. The van der Waals surface area contributed by atoms with Crippen molar-refractivity contribution in [1.82, 2.24) is 0 Å². The molecule has 0 aromatic heterocycles. The van der Waals surface area contributed by atoms with E-state index in [2.05, 4.69) is 111 Å². The number of ether oxygens (including phenoxy) is 2. The van der Waals surface area contributed by atoms with Gasteiger partial charge in [-0.3, -0.25) is 14.2 Å². The van der Waals surface area contributed by atoms with Gasteiger partial charge in [0, 0.05) is 12.8 Å². The highest BCUT2D eigenvalue weighted by Gasteiger charge is 2.22. The number of phosphoric ester groups is 1. The fraction of sp³-hybridized carbons (Fsp3) is 0.750. The second-order valence-corrected chi connectivity index (χ2v) is 25.2. The van der Waals surface area contributed by atoms with E-state index >= 15 is 0 Å². The van der Waals surface area contributed by atoms with Gasteiger partial charge in [-0.1, -0.05) is 284 Å². The van der Waals surface area contributed by atoms with Gasteiger partial charge in [0.25, 0.3) is 7.82 Å². The standard InChI is InChI=1S/C72H128NO8P/c1-6-8-10-12-14-16-18-20-22-24-26-28-30-32-34-36-38-40-42-44-46-48-50-52-54-56-58-60-62-64-71(74)78-68-70(69-80-82(76,77)79-67-66-73(3,4)5)81-72(75)65-63-61-59-57-55-53-51-49-47-45-43-41-39-37-35-33-31-29-27-25-23-21-19-17-15-13-11-9-7-2/h9,11,15,17-18,20-21,23-24,26-27,29-30,32-33,35,70H,6-8,10,12-14,16,19,22,25,28,31,34,36-69H2,1-5H3/b11-9-,17-15-,20-18-,23-21-,26-24-,29-27-,32-30-,35-33-. The van der Waals surface area contributed by atoms with Crippen LogP contribution in [0.15, 0.2) is 97.2 Å². The summed E-state index contributed by atoms with van der Waals surface area (Å²) in [4.78, 5) is 38.1. The molecule has 0 aliphatic heterocycles. The van der Waals surface area contributed by atoms with E-state index in [0.29, 0.717) is 17.4 Å².